The first-order chi connectivity index (χ1) is 16.7. The number of nitrogens with zero attached hydrogens (tertiary/aromatic N) is 2. The average Bonchev–Trinajstić information content (AvgIpc) is 3.31. The summed E-state index contributed by atoms with van der Waals surface area (Å²) in [5.74, 6) is 2.30. The number of nitrogens with one attached hydrogen (secondary N) is 1. The number of benzene rings is 1. The Kier molecular flexibility index (Phi) is 7.72. The predicted octanol–water partition coefficient (Wildman–Crippen LogP) is 4.06. The molecule has 1 aromatic carbocycles. The highest BCUT2D eigenvalue weighted by atomic mass is 16.6. The van der Waals surface area contributed by atoms with Crippen LogP contribution in [0.1, 0.15) is 43.4 Å². The van der Waals surface area contributed by atoms with Gasteiger partial charge in [-0.25, -0.2) is 0 Å². The van der Waals surface area contributed by atoms with Crippen molar-refractivity contribution < 1.29 is 18.9 Å². The minimum atomic E-state index is -0.0163. The first-order valence-corrected chi connectivity index (χ1v) is 13.0. The zero-order valence-corrected chi connectivity index (χ0v) is 20.7. The maximum absolute atomic E-state index is 6.33. The van der Waals surface area contributed by atoms with Gasteiger partial charge in [-0.1, -0.05) is 0 Å². The maximum atomic E-state index is 6.33. The summed E-state index contributed by atoms with van der Waals surface area (Å²) in [5, 5.41) is 4.90. The van der Waals surface area contributed by atoms with Crippen molar-refractivity contribution in [1.82, 2.24) is 9.88 Å². The van der Waals surface area contributed by atoms with Crippen LogP contribution in [0.25, 0.3) is 10.9 Å². The summed E-state index contributed by atoms with van der Waals surface area (Å²) in [6.45, 7) is 5.81. The van der Waals surface area contributed by atoms with E-state index in [1.807, 2.05) is 0 Å². The highest BCUT2D eigenvalue weighted by Gasteiger charge is 2.25. The number of likely N-dealkylation sites (tertiary alicyclic amines) is 1. The molecule has 7 heteroatoms. The van der Waals surface area contributed by atoms with Crippen LogP contribution in [-0.4, -0.2) is 76.2 Å². The summed E-state index contributed by atoms with van der Waals surface area (Å²) in [6, 6.07) is 4.16. The van der Waals surface area contributed by atoms with Crippen LogP contribution in [0.5, 0.6) is 11.5 Å². The van der Waals surface area contributed by atoms with E-state index in [1.54, 1.807) is 14.2 Å². The summed E-state index contributed by atoms with van der Waals surface area (Å²) >= 11 is 0. The van der Waals surface area contributed by atoms with Gasteiger partial charge in [0.05, 0.1) is 25.8 Å². The number of ether oxygens (including phenoxy) is 4. The number of anilines is 1. The molecule has 2 aromatic rings. The number of rotatable bonds is 13. The third kappa shape index (κ3) is 5.58. The summed E-state index contributed by atoms with van der Waals surface area (Å²) in [4.78, 5) is 7.49. The van der Waals surface area contributed by atoms with Crippen LogP contribution in [0.4, 0.5) is 5.69 Å². The van der Waals surface area contributed by atoms with Crippen molar-refractivity contribution in [2.24, 2.45) is 5.92 Å². The molecule has 0 spiro atoms. The Labute approximate surface area is 203 Å². The second-order valence-electron chi connectivity index (χ2n) is 9.91. The Morgan fingerprint density at radius 2 is 1.91 bits per heavy atom. The number of aromatic nitrogens is 1. The van der Waals surface area contributed by atoms with E-state index in [2.05, 4.69) is 22.3 Å². The van der Waals surface area contributed by atoms with E-state index in [-0.39, 0.29) is 6.10 Å². The molecule has 1 aliphatic heterocycles. The van der Waals surface area contributed by atoms with E-state index in [4.69, 9.17) is 23.9 Å². The van der Waals surface area contributed by atoms with Gasteiger partial charge in [-0.15, -0.1) is 0 Å². The third-order valence-corrected chi connectivity index (χ3v) is 7.29. The molecular formula is C27H39N3O4. The zero-order valence-electron chi connectivity index (χ0n) is 20.7. The minimum absolute atomic E-state index is 0.0163. The van der Waals surface area contributed by atoms with Crippen molar-refractivity contribution in [2.45, 2.75) is 51.0 Å². The van der Waals surface area contributed by atoms with E-state index in [1.165, 1.54) is 49.0 Å². The van der Waals surface area contributed by atoms with Crippen LogP contribution in [0.15, 0.2) is 12.1 Å². The molecule has 1 saturated heterocycles. The first-order valence-electron chi connectivity index (χ1n) is 13.0. The lowest BCUT2D eigenvalue weighted by Gasteiger charge is -2.24. The van der Waals surface area contributed by atoms with Crippen LogP contribution >= 0.6 is 0 Å². The van der Waals surface area contributed by atoms with Crippen molar-refractivity contribution in [1.29, 1.82) is 0 Å². The largest absolute Gasteiger partial charge is 0.493 e. The molecule has 1 unspecified atom stereocenters. The standard InChI is InChI=1S/C27H39N3O4/c1-31-12-13-33-20(17-30-10-3-4-11-30)18-34-26-15-24-22(14-25(26)32-2)27(28-16-19-8-9-19)21-6-5-7-23(21)29-24/h14-15,19-20H,3-13,16-18H2,1-2H3,(H,28,29). The Morgan fingerprint density at radius 3 is 2.68 bits per heavy atom. The van der Waals surface area contributed by atoms with Gasteiger partial charge in [0.25, 0.3) is 0 Å². The molecule has 186 valence electrons. The fraction of sp³-hybridized carbons (Fsp3) is 0.667. The Balaban J connectivity index is 1.36. The number of hydrogen-bond acceptors (Lipinski definition) is 7. The Bertz CT molecular complexity index is 972. The number of hydrogen-bond donors (Lipinski definition) is 1. The third-order valence-electron chi connectivity index (χ3n) is 7.29. The SMILES string of the molecule is COCCOC(COc1cc2nc3c(c(NCC4CC4)c2cc1OC)CCC3)CN1CCCC1. The van der Waals surface area contributed by atoms with Gasteiger partial charge in [-0.2, -0.15) is 0 Å². The fourth-order valence-electron chi connectivity index (χ4n) is 5.20. The average molecular weight is 470 g/mol. The van der Waals surface area contributed by atoms with Gasteiger partial charge in [-0.05, 0) is 75.6 Å². The highest BCUT2D eigenvalue weighted by molar-refractivity contribution is 5.96. The summed E-state index contributed by atoms with van der Waals surface area (Å²) in [5.41, 5.74) is 4.85. The summed E-state index contributed by atoms with van der Waals surface area (Å²) < 4.78 is 23.4. The molecule has 1 N–H and O–H groups in total. The van der Waals surface area contributed by atoms with Gasteiger partial charge in [-0.3, -0.25) is 4.98 Å². The number of fused-ring (bicyclic) bond motifs is 2. The molecule has 2 fully saturated rings. The molecule has 1 saturated carbocycles. The van der Waals surface area contributed by atoms with Crippen molar-refractivity contribution in [3.63, 3.8) is 0 Å². The maximum Gasteiger partial charge on any atom is 0.163 e. The lowest BCUT2D eigenvalue weighted by Crippen LogP contribution is -2.36. The van der Waals surface area contributed by atoms with Crippen LogP contribution in [0, 0.1) is 5.92 Å². The zero-order chi connectivity index (χ0) is 23.3. The molecule has 1 atom stereocenters. The monoisotopic (exact) mass is 469 g/mol. The second kappa shape index (κ2) is 11.1. The molecule has 0 amide bonds. The molecule has 0 radical (unpaired) electrons. The van der Waals surface area contributed by atoms with Crippen molar-refractivity contribution in [2.75, 3.05) is 65.5 Å². The topological polar surface area (TPSA) is 65.1 Å². The van der Waals surface area contributed by atoms with Crippen molar-refractivity contribution >= 4 is 16.6 Å². The van der Waals surface area contributed by atoms with Gasteiger partial charge in [0, 0.05) is 43.0 Å². The van der Waals surface area contributed by atoms with E-state index < -0.39 is 0 Å². The van der Waals surface area contributed by atoms with E-state index in [0.29, 0.717) is 19.8 Å². The van der Waals surface area contributed by atoms with Crippen molar-refractivity contribution in [3.8, 4) is 11.5 Å². The second-order valence-corrected chi connectivity index (χ2v) is 9.91. The Morgan fingerprint density at radius 1 is 1.06 bits per heavy atom. The quantitative estimate of drug-likeness (QED) is 0.444. The van der Waals surface area contributed by atoms with Gasteiger partial charge in [0.1, 0.15) is 12.7 Å². The van der Waals surface area contributed by atoms with E-state index >= 15 is 0 Å². The summed E-state index contributed by atoms with van der Waals surface area (Å²) in [6.07, 6.45) is 8.51. The lowest BCUT2D eigenvalue weighted by atomic mass is 10.1. The van der Waals surface area contributed by atoms with Crippen LogP contribution in [-0.2, 0) is 22.3 Å². The Hall–Kier alpha value is -2.09. The molecule has 1 aromatic heterocycles. The fourth-order valence-corrected chi connectivity index (χ4v) is 5.20. The summed E-state index contributed by atoms with van der Waals surface area (Å²) in [7, 11) is 3.41. The smallest absolute Gasteiger partial charge is 0.163 e. The van der Waals surface area contributed by atoms with Crippen LogP contribution in [0.3, 0.4) is 0 Å². The molecule has 7 nitrogen and oxygen atoms in total. The molecule has 3 aliphatic rings. The molecule has 2 aliphatic carbocycles. The number of aryl methyl sites for hydroxylation is 1. The van der Waals surface area contributed by atoms with Gasteiger partial charge < -0.3 is 29.2 Å². The normalized spacial score (nSPS) is 18.9. The van der Waals surface area contributed by atoms with Gasteiger partial charge in [0.15, 0.2) is 11.5 Å². The van der Waals surface area contributed by atoms with Crippen LogP contribution < -0.4 is 14.8 Å². The van der Waals surface area contributed by atoms with E-state index in [9.17, 15) is 0 Å². The van der Waals surface area contributed by atoms with Crippen LogP contribution in [0.2, 0.25) is 0 Å². The minimum Gasteiger partial charge on any atom is -0.493 e. The molecular weight excluding hydrogens is 430 g/mol. The molecule has 5 rings (SSSR count). The number of pyridine rings is 1. The van der Waals surface area contributed by atoms with Crippen molar-refractivity contribution in [3.05, 3.63) is 23.4 Å². The molecule has 0 bridgehead atoms. The number of methoxy groups -OCH3 is 2. The van der Waals surface area contributed by atoms with Gasteiger partial charge in [0.2, 0.25) is 0 Å². The molecule has 34 heavy (non-hydrogen) atoms. The first kappa shape index (κ1) is 23.6. The predicted molar refractivity (Wildman–Crippen MR) is 134 cm³/mol. The highest BCUT2D eigenvalue weighted by Crippen LogP contribution is 2.40. The lowest BCUT2D eigenvalue weighted by molar-refractivity contribution is -0.0193. The van der Waals surface area contributed by atoms with E-state index in [0.717, 1.165) is 67.3 Å². The molecule has 2 heterocycles. The van der Waals surface area contributed by atoms with Gasteiger partial charge >= 0.3 is 0 Å².